The molecule has 0 atom stereocenters. The van der Waals surface area contributed by atoms with Gasteiger partial charge in [-0.25, -0.2) is 4.68 Å². The molecule has 0 spiro atoms. The van der Waals surface area contributed by atoms with E-state index in [9.17, 15) is 9.59 Å². The van der Waals surface area contributed by atoms with Gasteiger partial charge in [-0.05, 0) is 37.5 Å². The Morgan fingerprint density at radius 3 is 2.67 bits per heavy atom. The lowest BCUT2D eigenvalue weighted by Crippen LogP contribution is -2.27. The Balaban J connectivity index is 1.77. The summed E-state index contributed by atoms with van der Waals surface area (Å²) in [6.45, 7) is 1.99. The van der Waals surface area contributed by atoms with Gasteiger partial charge in [0.05, 0.1) is 6.20 Å². The number of hydrogen-bond acceptors (Lipinski definition) is 4. The lowest BCUT2D eigenvalue weighted by Gasteiger charge is -2.18. The average molecular weight is 365 g/mol. The topological polar surface area (TPSA) is 71.3 Å². The Labute approximate surface area is 158 Å². The molecule has 2 amide bonds. The minimum Gasteiger partial charge on any atom is -0.347 e. The van der Waals surface area contributed by atoms with E-state index in [-0.39, 0.29) is 24.1 Å². The van der Waals surface area contributed by atoms with Crippen molar-refractivity contribution in [3.63, 3.8) is 0 Å². The van der Waals surface area contributed by atoms with Crippen molar-refractivity contribution in [1.82, 2.24) is 19.9 Å². The van der Waals surface area contributed by atoms with Crippen LogP contribution in [0, 0.1) is 24.7 Å². The molecule has 1 fully saturated rings. The first-order chi connectivity index (χ1) is 12.8. The SMILES string of the molecule is Cc1ccc(C#CC2CC2)cc1N(C)C(=O)c1cn(CC(=O)N(C)C)nn1. The number of rotatable bonds is 4. The summed E-state index contributed by atoms with van der Waals surface area (Å²) in [5.41, 5.74) is 2.83. The minimum atomic E-state index is -0.283. The smallest absolute Gasteiger partial charge is 0.280 e. The van der Waals surface area contributed by atoms with Gasteiger partial charge in [0.2, 0.25) is 5.91 Å². The monoisotopic (exact) mass is 365 g/mol. The molecule has 1 aliphatic rings. The van der Waals surface area contributed by atoms with E-state index in [0.29, 0.717) is 5.92 Å². The van der Waals surface area contributed by atoms with Gasteiger partial charge in [-0.2, -0.15) is 0 Å². The average Bonchev–Trinajstić information content (AvgIpc) is 3.36. The second kappa shape index (κ2) is 7.62. The quantitative estimate of drug-likeness (QED) is 0.774. The summed E-state index contributed by atoms with van der Waals surface area (Å²) in [5.74, 6) is 6.54. The Kier molecular flexibility index (Phi) is 5.26. The molecule has 2 aromatic rings. The van der Waals surface area contributed by atoms with E-state index in [2.05, 4.69) is 22.2 Å². The van der Waals surface area contributed by atoms with Crippen LogP contribution in [0.4, 0.5) is 5.69 Å². The van der Waals surface area contributed by atoms with E-state index in [0.717, 1.165) is 16.8 Å². The van der Waals surface area contributed by atoms with Crippen molar-refractivity contribution >= 4 is 17.5 Å². The first-order valence-electron chi connectivity index (χ1n) is 8.85. The molecule has 3 rings (SSSR count). The molecule has 0 saturated heterocycles. The van der Waals surface area contributed by atoms with Gasteiger partial charge in [-0.1, -0.05) is 23.1 Å². The number of aryl methyl sites for hydroxylation is 1. The number of amides is 2. The van der Waals surface area contributed by atoms with Crippen molar-refractivity contribution in [2.45, 2.75) is 26.3 Å². The highest BCUT2D eigenvalue weighted by molar-refractivity contribution is 6.04. The van der Waals surface area contributed by atoms with Crippen molar-refractivity contribution in [2.24, 2.45) is 5.92 Å². The zero-order chi connectivity index (χ0) is 19.6. The zero-order valence-electron chi connectivity index (χ0n) is 16.1. The molecular weight excluding hydrogens is 342 g/mol. The third-order valence-electron chi connectivity index (χ3n) is 4.43. The molecule has 1 aromatic heterocycles. The van der Waals surface area contributed by atoms with Crippen LogP contribution < -0.4 is 4.90 Å². The third-order valence-corrected chi connectivity index (χ3v) is 4.43. The van der Waals surface area contributed by atoms with E-state index in [1.54, 1.807) is 26.0 Å². The molecule has 27 heavy (non-hydrogen) atoms. The molecule has 140 valence electrons. The predicted molar refractivity (Wildman–Crippen MR) is 102 cm³/mol. The van der Waals surface area contributed by atoms with E-state index >= 15 is 0 Å². The summed E-state index contributed by atoms with van der Waals surface area (Å²) >= 11 is 0. The number of carbonyl (C=O) groups excluding carboxylic acids is 2. The van der Waals surface area contributed by atoms with Crippen molar-refractivity contribution in [1.29, 1.82) is 0 Å². The molecule has 0 N–H and O–H groups in total. The highest BCUT2D eigenvalue weighted by atomic mass is 16.2. The number of benzene rings is 1. The van der Waals surface area contributed by atoms with Crippen molar-refractivity contribution < 1.29 is 9.59 Å². The van der Waals surface area contributed by atoms with Gasteiger partial charge in [0, 0.05) is 38.3 Å². The van der Waals surface area contributed by atoms with Gasteiger partial charge in [0.15, 0.2) is 5.69 Å². The Hall–Kier alpha value is -3.14. The number of likely N-dealkylation sites (N-methyl/N-ethyl adjacent to an activating group) is 1. The van der Waals surface area contributed by atoms with Crippen LogP contribution in [0.5, 0.6) is 0 Å². The van der Waals surface area contributed by atoms with Gasteiger partial charge in [0.1, 0.15) is 6.54 Å². The maximum absolute atomic E-state index is 12.8. The summed E-state index contributed by atoms with van der Waals surface area (Å²) in [4.78, 5) is 27.6. The van der Waals surface area contributed by atoms with E-state index in [1.807, 2.05) is 25.1 Å². The third kappa shape index (κ3) is 4.53. The van der Waals surface area contributed by atoms with Crippen LogP contribution in [0.3, 0.4) is 0 Å². The summed E-state index contributed by atoms with van der Waals surface area (Å²) in [6, 6.07) is 5.85. The number of aromatic nitrogens is 3. The molecule has 7 nitrogen and oxygen atoms in total. The summed E-state index contributed by atoms with van der Waals surface area (Å²) in [5, 5.41) is 7.80. The highest BCUT2D eigenvalue weighted by Crippen LogP contribution is 2.28. The van der Waals surface area contributed by atoms with Gasteiger partial charge in [0.25, 0.3) is 5.91 Å². The maximum atomic E-state index is 12.8. The summed E-state index contributed by atoms with van der Waals surface area (Å²) in [7, 11) is 5.04. The van der Waals surface area contributed by atoms with Crippen molar-refractivity contribution in [2.75, 3.05) is 26.0 Å². The number of anilines is 1. The maximum Gasteiger partial charge on any atom is 0.280 e. The van der Waals surface area contributed by atoms with E-state index in [4.69, 9.17) is 0 Å². The second-order valence-electron chi connectivity index (χ2n) is 7.00. The minimum absolute atomic E-state index is 0.0439. The molecule has 0 bridgehead atoms. The number of carbonyl (C=O) groups is 2. The first kappa shape index (κ1) is 18.6. The molecule has 0 radical (unpaired) electrons. The Morgan fingerprint density at radius 1 is 1.26 bits per heavy atom. The van der Waals surface area contributed by atoms with Gasteiger partial charge in [-0.3, -0.25) is 9.59 Å². The lowest BCUT2D eigenvalue weighted by molar-refractivity contribution is -0.129. The number of hydrogen-bond donors (Lipinski definition) is 0. The van der Waals surface area contributed by atoms with Crippen LogP contribution in [0.25, 0.3) is 0 Å². The van der Waals surface area contributed by atoms with Crippen LogP contribution >= 0.6 is 0 Å². The standard InChI is InChI=1S/C20H23N5O2/c1-14-5-6-16(10-9-15-7-8-15)11-18(14)24(4)20(27)17-12-25(22-21-17)13-19(26)23(2)3/h5-6,11-12,15H,7-8,13H2,1-4H3. The van der Waals surface area contributed by atoms with E-state index < -0.39 is 0 Å². The normalized spacial score (nSPS) is 12.9. The molecule has 1 aliphatic carbocycles. The van der Waals surface area contributed by atoms with E-state index in [1.165, 1.54) is 28.6 Å². The second-order valence-corrected chi connectivity index (χ2v) is 7.00. The fraction of sp³-hybridized carbons (Fsp3) is 0.400. The van der Waals surface area contributed by atoms with Crippen LogP contribution in [0.2, 0.25) is 0 Å². The molecule has 0 unspecified atom stereocenters. The Morgan fingerprint density at radius 2 is 2.00 bits per heavy atom. The lowest BCUT2D eigenvalue weighted by atomic mass is 10.1. The molecule has 1 aromatic carbocycles. The zero-order valence-corrected chi connectivity index (χ0v) is 16.1. The van der Waals surface area contributed by atoms with Gasteiger partial charge < -0.3 is 9.80 Å². The molecule has 7 heteroatoms. The molecule has 0 aliphatic heterocycles. The van der Waals surface area contributed by atoms with Crippen molar-refractivity contribution in [3.05, 3.63) is 41.2 Å². The predicted octanol–water partition coefficient (Wildman–Crippen LogP) is 1.71. The summed E-state index contributed by atoms with van der Waals surface area (Å²) < 4.78 is 1.37. The number of nitrogens with zero attached hydrogens (tertiary/aromatic N) is 5. The molecule has 1 heterocycles. The van der Waals surface area contributed by atoms with Gasteiger partial charge in [-0.15, -0.1) is 5.10 Å². The fourth-order valence-electron chi connectivity index (χ4n) is 2.50. The van der Waals surface area contributed by atoms with Gasteiger partial charge >= 0.3 is 0 Å². The largest absolute Gasteiger partial charge is 0.347 e. The van der Waals surface area contributed by atoms with Crippen LogP contribution in [0.15, 0.2) is 24.4 Å². The van der Waals surface area contributed by atoms with Crippen molar-refractivity contribution in [3.8, 4) is 11.8 Å². The molecule has 1 saturated carbocycles. The fourth-order valence-corrected chi connectivity index (χ4v) is 2.50. The van der Waals surface area contributed by atoms with Crippen LogP contribution in [0.1, 0.15) is 34.5 Å². The first-order valence-corrected chi connectivity index (χ1v) is 8.85. The molecular formula is C20H23N5O2. The summed E-state index contributed by atoms with van der Waals surface area (Å²) in [6.07, 6.45) is 3.85. The Bertz CT molecular complexity index is 931. The van der Waals surface area contributed by atoms with Crippen LogP contribution in [-0.2, 0) is 11.3 Å². The highest BCUT2D eigenvalue weighted by Gasteiger charge is 2.20. The van der Waals surface area contributed by atoms with Crippen LogP contribution in [-0.4, -0.2) is 52.9 Å².